The number of Topliss-reactive ketones (excluding diaryl/α,β-unsaturated/α-hetero) is 1. The molecule has 0 bridgehead atoms. The highest BCUT2D eigenvalue weighted by atomic mass is 35.5. The zero-order valence-corrected chi connectivity index (χ0v) is 12.8. The molecule has 0 radical (unpaired) electrons. The predicted octanol–water partition coefficient (Wildman–Crippen LogP) is 3.79. The number of sulfone groups is 1. The maximum Gasteiger partial charge on any atom is 0.187 e. The average molecular weight is 347 g/mol. The molecule has 21 heavy (non-hydrogen) atoms. The molecule has 0 aliphatic rings. The van der Waals surface area contributed by atoms with E-state index in [4.69, 9.17) is 23.2 Å². The molecule has 0 atom stereocenters. The molecule has 0 aromatic heterocycles. The van der Waals surface area contributed by atoms with Crippen molar-refractivity contribution >= 4 is 38.8 Å². The molecule has 0 unspecified atom stereocenters. The Morgan fingerprint density at radius 1 is 1.05 bits per heavy atom. The summed E-state index contributed by atoms with van der Waals surface area (Å²) in [6, 6.07) is 8.62. The smallest absolute Gasteiger partial charge is 0.187 e. The van der Waals surface area contributed by atoms with E-state index in [9.17, 15) is 17.6 Å². The third-order valence-electron chi connectivity index (χ3n) is 2.72. The first-order valence-electron chi connectivity index (χ1n) is 5.76. The van der Waals surface area contributed by atoms with Gasteiger partial charge in [0.25, 0.3) is 0 Å². The van der Waals surface area contributed by atoms with Crippen LogP contribution in [0, 0.1) is 5.82 Å². The fourth-order valence-corrected chi connectivity index (χ4v) is 3.73. The van der Waals surface area contributed by atoms with Crippen molar-refractivity contribution in [2.45, 2.75) is 4.90 Å². The fraction of sp³-hybridized carbons (Fsp3) is 0.0714. The van der Waals surface area contributed by atoms with E-state index < -0.39 is 27.2 Å². The number of hydrogen-bond acceptors (Lipinski definition) is 3. The number of ketones is 1. The zero-order valence-electron chi connectivity index (χ0n) is 10.5. The van der Waals surface area contributed by atoms with E-state index in [1.54, 1.807) is 0 Å². The van der Waals surface area contributed by atoms with Crippen LogP contribution < -0.4 is 0 Å². The third kappa shape index (κ3) is 3.81. The molecule has 0 spiro atoms. The molecule has 0 amide bonds. The predicted molar refractivity (Wildman–Crippen MR) is 79.2 cm³/mol. The summed E-state index contributed by atoms with van der Waals surface area (Å²) in [6.07, 6.45) is 0. The molecular weight excluding hydrogens is 338 g/mol. The largest absolute Gasteiger partial charge is 0.293 e. The summed E-state index contributed by atoms with van der Waals surface area (Å²) in [4.78, 5) is 11.8. The number of carbonyl (C=O) groups is 1. The molecule has 0 fully saturated rings. The van der Waals surface area contributed by atoms with E-state index in [0.29, 0.717) is 0 Å². The Balaban J connectivity index is 2.31. The van der Waals surface area contributed by atoms with Crippen molar-refractivity contribution in [3.63, 3.8) is 0 Å². The van der Waals surface area contributed by atoms with Crippen molar-refractivity contribution in [3.8, 4) is 0 Å². The van der Waals surface area contributed by atoms with Gasteiger partial charge >= 0.3 is 0 Å². The summed E-state index contributed by atoms with van der Waals surface area (Å²) < 4.78 is 37.2. The number of carbonyl (C=O) groups excluding carboxylic acids is 1. The molecule has 2 rings (SSSR count). The van der Waals surface area contributed by atoms with Gasteiger partial charge in [0.05, 0.1) is 9.92 Å². The summed E-state index contributed by atoms with van der Waals surface area (Å²) in [6.45, 7) is 0. The number of rotatable bonds is 4. The lowest BCUT2D eigenvalue weighted by Crippen LogP contribution is -2.17. The lowest BCUT2D eigenvalue weighted by atomic mass is 10.1. The van der Waals surface area contributed by atoms with Gasteiger partial charge in [-0.15, -0.1) is 0 Å². The Kier molecular flexibility index (Phi) is 4.66. The molecule has 2 aromatic carbocycles. The van der Waals surface area contributed by atoms with Crippen LogP contribution in [0.4, 0.5) is 4.39 Å². The molecule has 3 nitrogen and oxygen atoms in total. The molecule has 7 heteroatoms. The second kappa shape index (κ2) is 6.13. The van der Waals surface area contributed by atoms with E-state index in [1.165, 1.54) is 30.3 Å². The highest BCUT2D eigenvalue weighted by Crippen LogP contribution is 2.26. The van der Waals surface area contributed by atoms with E-state index >= 15 is 0 Å². The molecule has 0 N–H and O–H groups in total. The monoisotopic (exact) mass is 346 g/mol. The minimum atomic E-state index is -3.93. The van der Waals surface area contributed by atoms with Gasteiger partial charge in [-0.2, -0.15) is 0 Å². The Morgan fingerprint density at radius 2 is 1.67 bits per heavy atom. The Labute approximate surface area is 131 Å². The van der Waals surface area contributed by atoms with Crippen LogP contribution in [-0.2, 0) is 9.84 Å². The second-order valence-corrected chi connectivity index (χ2v) is 7.07. The first kappa shape index (κ1) is 15.9. The third-order valence-corrected chi connectivity index (χ3v) is 5.04. The van der Waals surface area contributed by atoms with E-state index in [2.05, 4.69) is 0 Å². The summed E-state index contributed by atoms with van der Waals surface area (Å²) in [5.41, 5.74) is 0.109. The van der Waals surface area contributed by atoms with Crippen LogP contribution >= 0.6 is 23.2 Å². The number of halogens is 3. The standard InChI is InChI=1S/C14H9Cl2FO3S/c15-10-3-6-12(16)14(7-10)21(19,20)8-13(18)9-1-4-11(17)5-2-9/h1-7H,8H2. The molecular formula is C14H9Cl2FO3S. The quantitative estimate of drug-likeness (QED) is 0.791. The Hall–Kier alpha value is -1.43. The van der Waals surface area contributed by atoms with Gasteiger partial charge in [-0.3, -0.25) is 4.79 Å². The van der Waals surface area contributed by atoms with Crippen molar-refractivity contribution in [3.05, 3.63) is 63.9 Å². The summed E-state index contributed by atoms with van der Waals surface area (Å²) in [7, 11) is -3.93. The minimum absolute atomic E-state index is 0.00805. The van der Waals surface area contributed by atoms with Crippen molar-refractivity contribution in [1.29, 1.82) is 0 Å². The summed E-state index contributed by atoms with van der Waals surface area (Å²) in [5, 5.41) is 0.193. The van der Waals surface area contributed by atoms with Crippen LogP contribution in [0.25, 0.3) is 0 Å². The Bertz CT molecular complexity index is 786. The van der Waals surface area contributed by atoms with Gasteiger partial charge in [-0.25, -0.2) is 12.8 Å². The van der Waals surface area contributed by atoms with Crippen LogP contribution in [0.15, 0.2) is 47.4 Å². The van der Waals surface area contributed by atoms with E-state index in [1.807, 2.05) is 0 Å². The second-order valence-electron chi connectivity index (χ2n) is 4.26. The highest BCUT2D eigenvalue weighted by molar-refractivity contribution is 7.92. The maximum atomic E-state index is 12.8. The van der Waals surface area contributed by atoms with Crippen molar-refractivity contribution < 1.29 is 17.6 Å². The van der Waals surface area contributed by atoms with Crippen LogP contribution in [-0.4, -0.2) is 20.0 Å². The Morgan fingerprint density at radius 3 is 2.29 bits per heavy atom. The minimum Gasteiger partial charge on any atom is -0.293 e. The van der Waals surface area contributed by atoms with Gasteiger partial charge in [0, 0.05) is 10.6 Å². The van der Waals surface area contributed by atoms with Crippen molar-refractivity contribution in [2.75, 3.05) is 5.75 Å². The average Bonchev–Trinajstić information content (AvgIpc) is 2.41. The van der Waals surface area contributed by atoms with Gasteiger partial charge in [0.1, 0.15) is 11.6 Å². The van der Waals surface area contributed by atoms with Gasteiger partial charge in [-0.1, -0.05) is 23.2 Å². The van der Waals surface area contributed by atoms with Gasteiger partial charge in [0.15, 0.2) is 15.6 Å². The van der Waals surface area contributed by atoms with Crippen molar-refractivity contribution in [1.82, 2.24) is 0 Å². The summed E-state index contributed by atoms with van der Waals surface area (Å²) in [5.74, 6) is -1.92. The lowest BCUT2D eigenvalue weighted by Gasteiger charge is -2.06. The lowest BCUT2D eigenvalue weighted by molar-refractivity contribution is 0.102. The summed E-state index contributed by atoms with van der Waals surface area (Å²) >= 11 is 11.6. The van der Waals surface area contributed by atoms with E-state index in [0.717, 1.165) is 12.1 Å². The van der Waals surface area contributed by atoms with Crippen LogP contribution in [0.2, 0.25) is 10.0 Å². The molecule has 2 aromatic rings. The molecule has 0 saturated carbocycles. The van der Waals surface area contributed by atoms with E-state index in [-0.39, 0.29) is 20.5 Å². The zero-order chi connectivity index (χ0) is 15.6. The van der Waals surface area contributed by atoms with Gasteiger partial charge in [0.2, 0.25) is 0 Å². The first-order chi connectivity index (χ1) is 9.79. The van der Waals surface area contributed by atoms with Crippen molar-refractivity contribution in [2.24, 2.45) is 0 Å². The number of hydrogen-bond donors (Lipinski definition) is 0. The maximum absolute atomic E-state index is 12.8. The molecule has 0 saturated heterocycles. The van der Waals surface area contributed by atoms with Crippen LogP contribution in [0.1, 0.15) is 10.4 Å². The van der Waals surface area contributed by atoms with Gasteiger partial charge < -0.3 is 0 Å². The number of benzene rings is 2. The van der Waals surface area contributed by atoms with Gasteiger partial charge in [-0.05, 0) is 42.5 Å². The SMILES string of the molecule is O=C(CS(=O)(=O)c1cc(Cl)ccc1Cl)c1ccc(F)cc1. The fourth-order valence-electron chi connectivity index (χ4n) is 1.68. The topological polar surface area (TPSA) is 51.2 Å². The molecule has 0 heterocycles. The van der Waals surface area contributed by atoms with Crippen LogP contribution in [0.3, 0.4) is 0 Å². The first-order valence-corrected chi connectivity index (χ1v) is 8.17. The highest BCUT2D eigenvalue weighted by Gasteiger charge is 2.23. The van der Waals surface area contributed by atoms with Crippen LogP contribution in [0.5, 0.6) is 0 Å². The molecule has 0 aliphatic heterocycles. The normalized spacial score (nSPS) is 11.4. The molecule has 0 aliphatic carbocycles. The molecule has 110 valence electrons.